The second kappa shape index (κ2) is 7.10. The van der Waals surface area contributed by atoms with Gasteiger partial charge in [0, 0.05) is 4.88 Å². The molecule has 0 saturated carbocycles. The lowest BCUT2D eigenvalue weighted by molar-refractivity contribution is 0.218. The van der Waals surface area contributed by atoms with E-state index in [0.29, 0.717) is 17.9 Å². The summed E-state index contributed by atoms with van der Waals surface area (Å²) in [7, 11) is 0. The number of hydrogen-bond acceptors (Lipinski definition) is 4. The Bertz CT molecular complexity index is 1030. The molecule has 0 amide bonds. The molecule has 5 heteroatoms. The fourth-order valence-electron chi connectivity index (χ4n) is 4.04. The fourth-order valence-corrected chi connectivity index (χ4v) is 5.94. The third kappa shape index (κ3) is 3.47. The Kier molecular flexibility index (Phi) is 4.93. The van der Waals surface area contributed by atoms with Crippen LogP contribution in [-0.2, 0) is 19.4 Å². The van der Waals surface area contributed by atoms with E-state index in [1.165, 1.54) is 10.4 Å². The molecule has 3 aromatic rings. The average Bonchev–Trinajstić information content (AvgIpc) is 3.01. The average molecular weight is 399 g/mol. The van der Waals surface area contributed by atoms with Crippen molar-refractivity contribution in [1.82, 2.24) is 9.55 Å². The summed E-state index contributed by atoms with van der Waals surface area (Å²) in [6.45, 7) is 7.56. The molecule has 3 nitrogen and oxygen atoms in total. The number of thioether (sulfide) groups is 1. The Hall–Kier alpha value is -1.59. The number of hydrogen-bond donors (Lipinski definition) is 0. The number of thiophene rings is 1. The first-order valence-electron chi connectivity index (χ1n) is 9.51. The molecule has 1 aliphatic rings. The monoisotopic (exact) mass is 398 g/mol. The zero-order valence-corrected chi connectivity index (χ0v) is 18.0. The van der Waals surface area contributed by atoms with Crippen LogP contribution in [0.5, 0.6) is 0 Å². The van der Waals surface area contributed by atoms with E-state index in [-0.39, 0.29) is 5.56 Å². The van der Waals surface area contributed by atoms with Crippen molar-refractivity contribution in [3.63, 3.8) is 0 Å². The van der Waals surface area contributed by atoms with Crippen LogP contribution in [0, 0.1) is 11.3 Å². The van der Waals surface area contributed by atoms with Gasteiger partial charge < -0.3 is 0 Å². The molecule has 0 N–H and O–H groups in total. The Balaban J connectivity index is 1.83. The first-order valence-corrected chi connectivity index (χ1v) is 11.6. The van der Waals surface area contributed by atoms with E-state index in [0.717, 1.165) is 40.2 Å². The molecule has 0 aliphatic heterocycles. The van der Waals surface area contributed by atoms with Crippen LogP contribution in [0.3, 0.4) is 0 Å². The van der Waals surface area contributed by atoms with Gasteiger partial charge >= 0.3 is 0 Å². The number of aromatic nitrogens is 2. The minimum absolute atomic E-state index is 0.125. The molecule has 1 aromatic carbocycles. The Labute approximate surface area is 168 Å². The van der Waals surface area contributed by atoms with Crippen molar-refractivity contribution >= 4 is 33.3 Å². The van der Waals surface area contributed by atoms with Crippen LogP contribution in [0.4, 0.5) is 0 Å². The molecule has 142 valence electrons. The van der Waals surface area contributed by atoms with Crippen molar-refractivity contribution in [2.75, 3.05) is 6.26 Å². The van der Waals surface area contributed by atoms with E-state index in [4.69, 9.17) is 4.98 Å². The fraction of sp³-hybridized carbons (Fsp3) is 0.455. The highest BCUT2D eigenvalue weighted by Crippen LogP contribution is 2.42. The van der Waals surface area contributed by atoms with Crippen molar-refractivity contribution in [2.45, 2.75) is 51.7 Å². The molecule has 0 unspecified atom stereocenters. The van der Waals surface area contributed by atoms with Gasteiger partial charge in [0.15, 0.2) is 5.16 Å². The summed E-state index contributed by atoms with van der Waals surface area (Å²) in [4.78, 5) is 20.6. The lowest BCUT2D eigenvalue weighted by Gasteiger charge is -2.33. The molecule has 0 fully saturated rings. The number of fused-ring (bicyclic) bond motifs is 3. The summed E-state index contributed by atoms with van der Waals surface area (Å²) in [5.41, 5.74) is 2.83. The van der Waals surface area contributed by atoms with Crippen LogP contribution in [-0.4, -0.2) is 15.8 Å². The first kappa shape index (κ1) is 18.8. The molecule has 1 aliphatic carbocycles. The van der Waals surface area contributed by atoms with Crippen molar-refractivity contribution in [3.05, 3.63) is 56.7 Å². The van der Waals surface area contributed by atoms with E-state index in [1.54, 1.807) is 23.1 Å². The lowest BCUT2D eigenvalue weighted by Crippen LogP contribution is -2.27. The smallest absolute Gasteiger partial charge is 0.263 e. The Morgan fingerprint density at radius 2 is 2.00 bits per heavy atom. The summed E-state index contributed by atoms with van der Waals surface area (Å²) < 4.78 is 1.85. The molecular formula is C22H26N2OS2. The zero-order chi connectivity index (χ0) is 19.2. The van der Waals surface area contributed by atoms with Gasteiger partial charge in [-0.25, -0.2) is 4.98 Å². The molecule has 27 heavy (non-hydrogen) atoms. The predicted octanol–water partition coefficient (Wildman–Crippen LogP) is 5.38. The minimum Gasteiger partial charge on any atom is -0.283 e. The largest absolute Gasteiger partial charge is 0.283 e. The second-order valence-electron chi connectivity index (χ2n) is 8.47. The minimum atomic E-state index is 0.125. The zero-order valence-electron chi connectivity index (χ0n) is 16.4. The summed E-state index contributed by atoms with van der Waals surface area (Å²) >= 11 is 3.29. The standard InChI is InChI=1S/C22H26N2OS2/c1-22(2,3)15-10-11-16-17(12-15)27-19-18(16)20(25)24(21(23-19)26-4)13-14-8-6-5-7-9-14/h5-9,15H,10-13H2,1-4H3/t15-/m1/s1. The number of benzene rings is 1. The van der Waals surface area contributed by atoms with Gasteiger partial charge in [0.2, 0.25) is 0 Å². The van der Waals surface area contributed by atoms with E-state index in [1.807, 2.05) is 29.0 Å². The van der Waals surface area contributed by atoms with Crippen LogP contribution in [0.2, 0.25) is 0 Å². The molecule has 2 heterocycles. The van der Waals surface area contributed by atoms with Gasteiger partial charge in [0.1, 0.15) is 4.83 Å². The van der Waals surface area contributed by atoms with Crippen LogP contribution in [0.1, 0.15) is 43.2 Å². The number of rotatable bonds is 3. The maximum atomic E-state index is 13.4. The summed E-state index contributed by atoms with van der Waals surface area (Å²) in [6.07, 6.45) is 5.23. The molecular weight excluding hydrogens is 372 g/mol. The van der Waals surface area contributed by atoms with Crippen LogP contribution >= 0.6 is 23.1 Å². The number of nitrogens with zero attached hydrogens (tertiary/aromatic N) is 2. The van der Waals surface area contributed by atoms with E-state index < -0.39 is 0 Å². The van der Waals surface area contributed by atoms with Crippen molar-refractivity contribution in [1.29, 1.82) is 0 Å². The summed E-state index contributed by atoms with van der Waals surface area (Å²) in [5, 5.41) is 1.68. The highest BCUT2D eigenvalue weighted by Gasteiger charge is 2.32. The first-order chi connectivity index (χ1) is 12.9. The van der Waals surface area contributed by atoms with Crippen LogP contribution in [0.25, 0.3) is 10.2 Å². The summed E-state index contributed by atoms with van der Waals surface area (Å²) in [6, 6.07) is 10.2. The third-order valence-electron chi connectivity index (χ3n) is 5.72. The maximum absolute atomic E-state index is 13.4. The Morgan fingerprint density at radius 1 is 1.26 bits per heavy atom. The molecule has 0 bridgehead atoms. The van der Waals surface area contributed by atoms with Gasteiger partial charge in [-0.2, -0.15) is 0 Å². The SMILES string of the molecule is CSc1nc2sc3c(c2c(=O)n1Cc1ccccc1)CC[C@@H](C(C)(C)C)C3. The molecule has 4 rings (SSSR count). The molecule has 2 aromatic heterocycles. The Morgan fingerprint density at radius 3 is 2.67 bits per heavy atom. The van der Waals surface area contributed by atoms with Crippen LogP contribution in [0.15, 0.2) is 40.3 Å². The highest BCUT2D eigenvalue weighted by molar-refractivity contribution is 7.98. The molecule has 0 spiro atoms. The molecule has 0 saturated heterocycles. The normalized spacial score (nSPS) is 17.3. The van der Waals surface area contributed by atoms with Crippen molar-refractivity contribution < 1.29 is 0 Å². The molecule has 1 atom stereocenters. The van der Waals surface area contributed by atoms with E-state index >= 15 is 0 Å². The topological polar surface area (TPSA) is 34.9 Å². The van der Waals surface area contributed by atoms with E-state index in [2.05, 4.69) is 32.9 Å². The van der Waals surface area contributed by atoms with Gasteiger partial charge in [0.05, 0.1) is 11.9 Å². The summed E-state index contributed by atoms with van der Waals surface area (Å²) in [5.74, 6) is 0.671. The predicted molar refractivity (Wildman–Crippen MR) is 116 cm³/mol. The van der Waals surface area contributed by atoms with Crippen molar-refractivity contribution in [2.24, 2.45) is 11.3 Å². The maximum Gasteiger partial charge on any atom is 0.263 e. The van der Waals surface area contributed by atoms with Gasteiger partial charge in [-0.3, -0.25) is 9.36 Å². The van der Waals surface area contributed by atoms with Crippen molar-refractivity contribution in [3.8, 4) is 0 Å². The van der Waals surface area contributed by atoms with Gasteiger partial charge in [-0.1, -0.05) is 62.9 Å². The van der Waals surface area contributed by atoms with E-state index in [9.17, 15) is 4.79 Å². The third-order valence-corrected chi connectivity index (χ3v) is 7.55. The quantitative estimate of drug-likeness (QED) is 0.439. The second-order valence-corrected chi connectivity index (χ2v) is 10.3. The van der Waals surface area contributed by atoms with Crippen LogP contribution < -0.4 is 5.56 Å². The lowest BCUT2D eigenvalue weighted by atomic mass is 9.72. The number of aryl methyl sites for hydroxylation is 1. The highest BCUT2D eigenvalue weighted by atomic mass is 32.2. The van der Waals surface area contributed by atoms with Gasteiger partial charge in [0.25, 0.3) is 5.56 Å². The van der Waals surface area contributed by atoms with Gasteiger partial charge in [-0.05, 0) is 48.0 Å². The van der Waals surface area contributed by atoms with Gasteiger partial charge in [-0.15, -0.1) is 11.3 Å². The molecule has 0 radical (unpaired) electrons.